The topological polar surface area (TPSA) is 107 Å². The second kappa shape index (κ2) is 29.0. The van der Waals surface area contributed by atoms with Gasteiger partial charge in [-0.2, -0.15) is 22.0 Å². The molecule has 0 saturated carbocycles. The zero-order valence-electron chi connectivity index (χ0n) is 74.8. The van der Waals surface area contributed by atoms with Gasteiger partial charge in [0.15, 0.2) is 55.2 Å². The average molecular weight is 1630 g/mol. The lowest BCUT2D eigenvalue weighted by Crippen LogP contribution is -2.27. The maximum absolute atomic E-state index is 4.79. The van der Waals surface area contributed by atoms with Crippen LogP contribution in [-0.2, 0) is 35.2 Å². The Kier molecular flexibility index (Phi) is 18.0. The predicted octanol–water partition coefficient (Wildman–Crippen LogP) is 22.7. The first-order valence-electron chi connectivity index (χ1n) is 43.3. The first-order valence-corrected chi connectivity index (χ1v) is 43.3. The minimum Gasteiger partial charge on any atom is -0.255 e. The van der Waals surface area contributed by atoms with Crippen molar-refractivity contribution in [2.45, 2.75) is 104 Å². The molecule has 15 heterocycles. The van der Waals surface area contributed by atoms with E-state index >= 15 is 0 Å². The standard InChI is InChI=1S/5C22H20N3/c1-13-7-5-9-16-18(13)20-19(14(2)11-12-23-20)22-24(4)17-10-6-8-15(3)21(17)25(16)22;1-13-8-9-16-18(12-13)24(4)22-20-15(3)10-11-23-21(20)19-14(2)6-5-7-17(19)25(16)22;1-13-8-9-16-18(12-13)25-17-7-5-6-14(2)19(17)21-20(22(25)24(16)4)15(3)10-11-23-21;1-13-9-10-23-21-16-11-14(2)15(3)12-19(16)25-18-8-6-5-7-17(18)24(4)22(25)20(13)21;1-13-9-10-16-20-19(14(2)11-12-23-20)22-24(4)17-7-5-6-8-18(17)25(22)21(16)15(13)3/h5*5-12H,1-4H3/q5*+1. The normalized spacial score (nSPS) is 12.0. The van der Waals surface area contributed by atoms with E-state index in [1.165, 1.54) is 248 Å². The molecule has 0 unspecified atom stereocenters. The minimum atomic E-state index is 1.09. The van der Waals surface area contributed by atoms with Gasteiger partial charge in [-0.3, -0.25) is 24.9 Å². The first-order chi connectivity index (χ1) is 60.4. The Labute approximate surface area is 723 Å². The molecule has 610 valence electrons. The third kappa shape index (κ3) is 11.4. The molecule has 15 heteroatoms. The van der Waals surface area contributed by atoms with Crippen molar-refractivity contribution in [1.29, 1.82) is 0 Å². The molecular formula is C110H100N15+5. The van der Waals surface area contributed by atoms with E-state index in [-0.39, 0.29) is 0 Å². The van der Waals surface area contributed by atoms with E-state index in [0.29, 0.717) is 0 Å². The highest BCUT2D eigenvalue weighted by atomic mass is 15.2. The average Bonchev–Trinajstić information content (AvgIpc) is 1.59. The molecular weight excluding hydrogens is 1530 g/mol. The molecule has 0 spiro atoms. The van der Waals surface area contributed by atoms with Gasteiger partial charge in [-0.25, -0.2) is 22.8 Å². The maximum Gasteiger partial charge on any atom is 0.297 e. The molecule has 125 heavy (non-hydrogen) atoms. The smallest absolute Gasteiger partial charge is 0.255 e. The van der Waals surface area contributed by atoms with Crippen molar-refractivity contribution in [3.8, 4) is 0 Å². The Balaban J connectivity index is 0.0000000956. The molecule has 0 atom stereocenters. The van der Waals surface area contributed by atoms with Crippen molar-refractivity contribution in [3.05, 3.63) is 327 Å². The van der Waals surface area contributed by atoms with Crippen LogP contribution >= 0.6 is 0 Å². The number of nitrogens with zero attached hydrogens (tertiary/aromatic N) is 15. The summed E-state index contributed by atoms with van der Waals surface area (Å²) in [5, 5.41) is 12.3. The molecule has 0 amide bonds. The SMILES string of the molecule is Cc1cc2c3nccc(C)c3c3n(c2cc1C)c1ccccc1[n+]3C.Cc1ccc2c(c1)n(C)c1c3c(C)ccnc3c3c(C)cccc3[n+]21.Cc1ccc2c(c1)n1c3cccc(C)c3c3nccc(C)c3c1[n+]2C.Cc1ccc2c3nccc(C)c3c3n(c4ccccc4[n+]3C)c2c1C.Cc1cccc2c1c1nccc(C)c1c1n2c2c(C)cccc2[n+]1C. The largest absolute Gasteiger partial charge is 0.297 e. The third-order valence-electron chi connectivity index (χ3n) is 27.3. The summed E-state index contributed by atoms with van der Waals surface area (Å²) in [6, 6.07) is 76.2. The number of hydrogen-bond donors (Lipinski definition) is 0. The van der Waals surface area contributed by atoms with Gasteiger partial charge in [-0.05, 0) is 303 Å². The number of hydrogen-bond acceptors (Lipinski definition) is 5. The van der Waals surface area contributed by atoms with E-state index in [2.05, 4.69) is 396 Å². The molecule has 0 fully saturated rings. The maximum atomic E-state index is 4.79. The highest BCUT2D eigenvalue weighted by Crippen LogP contribution is 2.41. The van der Waals surface area contributed by atoms with Crippen molar-refractivity contribution in [2.75, 3.05) is 0 Å². The van der Waals surface area contributed by atoms with Crippen LogP contribution in [0.3, 0.4) is 0 Å². The first kappa shape index (κ1) is 77.6. The molecule has 0 aliphatic heterocycles. The monoisotopic (exact) mass is 1630 g/mol. The number of benzene rings is 10. The summed E-state index contributed by atoms with van der Waals surface area (Å²) in [4.78, 5) is 23.9. The van der Waals surface area contributed by atoms with E-state index in [1.54, 1.807) is 0 Å². The van der Waals surface area contributed by atoms with Crippen molar-refractivity contribution in [2.24, 2.45) is 35.2 Å². The van der Waals surface area contributed by atoms with Crippen LogP contribution in [-0.4, -0.2) is 47.1 Å². The van der Waals surface area contributed by atoms with Gasteiger partial charge in [0, 0.05) is 47.3 Å². The fourth-order valence-electron chi connectivity index (χ4n) is 20.8. The van der Waals surface area contributed by atoms with Crippen LogP contribution in [0.15, 0.2) is 243 Å². The number of aryl methyl sites for hydroxylation is 20. The van der Waals surface area contributed by atoms with Gasteiger partial charge < -0.3 is 0 Å². The number of para-hydroxylation sites is 5. The van der Waals surface area contributed by atoms with Gasteiger partial charge in [-0.1, -0.05) is 91.0 Å². The lowest BCUT2D eigenvalue weighted by Gasteiger charge is -2.09. The van der Waals surface area contributed by atoms with Gasteiger partial charge in [0.25, 0.3) is 28.2 Å². The van der Waals surface area contributed by atoms with Gasteiger partial charge in [0.1, 0.15) is 27.6 Å². The molecule has 0 aliphatic rings. The van der Waals surface area contributed by atoms with Crippen LogP contribution in [0.5, 0.6) is 0 Å². The Morgan fingerprint density at radius 3 is 1.14 bits per heavy atom. The molecule has 0 bridgehead atoms. The zero-order valence-corrected chi connectivity index (χ0v) is 74.8. The summed E-state index contributed by atoms with van der Waals surface area (Å²) in [7, 11) is 10.8. The highest BCUT2D eigenvalue weighted by Gasteiger charge is 2.33. The Morgan fingerprint density at radius 1 is 0.224 bits per heavy atom. The van der Waals surface area contributed by atoms with Crippen LogP contribution in [0.25, 0.3) is 192 Å². The molecule has 25 rings (SSSR count). The Morgan fingerprint density at radius 2 is 0.592 bits per heavy atom. The third-order valence-corrected chi connectivity index (χ3v) is 27.3. The van der Waals surface area contributed by atoms with E-state index in [1.807, 2.05) is 31.0 Å². The molecule has 15 aromatic heterocycles. The number of fused-ring (bicyclic) bond motifs is 40. The number of imidazole rings is 5. The summed E-state index contributed by atoms with van der Waals surface area (Å²) in [6.07, 6.45) is 9.62. The lowest BCUT2D eigenvalue weighted by molar-refractivity contribution is -0.617. The molecule has 0 saturated heterocycles. The van der Waals surface area contributed by atoms with Gasteiger partial charge in [-0.15, -0.1) is 0 Å². The fraction of sp³-hybridized carbons (Fsp3) is 0.182. The van der Waals surface area contributed by atoms with Crippen molar-refractivity contribution >= 4 is 192 Å². The quantitative estimate of drug-likeness (QED) is 0.111. The molecule has 0 radical (unpaired) electrons. The second-order valence-corrected chi connectivity index (χ2v) is 35.0. The fourth-order valence-corrected chi connectivity index (χ4v) is 20.8. The van der Waals surface area contributed by atoms with E-state index in [0.717, 1.165) is 27.6 Å². The summed E-state index contributed by atoms with van der Waals surface area (Å²) in [6.45, 7) is 32.7. The number of pyridine rings is 10. The van der Waals surface area contributed by atoms with Crippen LogP contribution in [0.2, 0.25) is 0 Å². The van der Waals surface area contributed by atoms with Crippen LogP contribution < -0.4 is 22.7 Å². The van der Waals surface area contributed by atoms with E-state index < -0.39 is 0 Å². The minimum absolute atomic E-state index is 1.09. The molecule has 0 aliphatic carbocycles. The summed E-state index contributed by atoms with van der Waals surface area (Å²) in [5.41, 5.74) is 49.2. The van der Waals surface area contributed by atoms with Crippen LogP contribution in [0.4, 0.5) is 0 Å². The highest BCUT2D eigenvalue weighted by molar-refractivity contribution is 6.17. The van der Waals surface area contributed by atoms with Gasteiger partial charge in [0.05, 0.1) is 106 Å². The van der Waals surface area contributed by atoms with Crippen molar-refractivity contribution < 1.29 is 22.7 Å². The number of aromatic nitrogens is 15. The van der Waals surface area contributed by atoms with Gasteiger partial charge in [0.2, 0.25) is 0 Å². The van der Waals surface area contributed by atoms with Gasteiger partial charge >= 0.3 is 0 Å². The van der Waals surface area contributed by atoms with Crippen molar-refractivity contribution in [3.63, 3.8) is 0 Å². The van der Waals surface area contributed by atoms with Crippen LogP contribution in [0, 0.1) is 104 Å². The predicted molar refractivity (Wildman–Crippen MR) is 515 cm³/mol. The summed E-state index contributed by atoms with van der Waals surface area (Å²) < 4.78 is 23.5. The molecule has 25 aromatic rings. The van der Waals surface area contributed by atoms with Crippen molar-refractivity contribution in [1.82, 2.24) is 47.1 Å². The summed E-state index contributed by atoms with van der Waals surface area (Å²) >= 11 is 0. The summed E-state index contributed by atoms with van der Waals surface area (Å²) in [5.74, 6) is 0. The van der Waals surface area contributed by atoms with E-state index in [9.17, 15) is 0 Å². The molecule has 15 nitrogen and oxygen atoms in total. The van der Waals surface area contributed by atoms with E-state index in [4.69, 9.17) is 24.9 Å². The molecule has 10 aromatic carbocycles. The lowest BCUT2D eigenvalue weighted by atomic mass is 10.0. The Hall–Kier alpha value is -14.7. The number of rotatable bonds is 0. The van der Waals surface area contributed by atoms with Crippen LogP contribution in [0.1, 0.15) is 83.5 Å². The zero-order chi connectivity index (χ0) is 86.5. The second-order valence-electron chi connectivity index (χ2n) is 35.0. The molecule has 0 N–H and O–H groups in total. The Bertz CT molecular complexity index is 8960.